The third-order valence-electron chi connectivity index (χ3n) is 8.74. The average molecular weight is 979 g/mol. The van der Waals surface area contributed by atoms with Crippen molar-refractivity contribution in [3.63, 3.8) is 0 Å². The third-order valence-corrected chi connectivity index (χ3v) is 12.1. The monoisotopic (exact) mass is 978 g/mol. The molecule has 0 fully saturated rings. The second-order valence-electron chi connectivity index (χ2n) is 12.1. The van der Waals surface area contributed by atoms with Gasteiger partial charge in [0, 0.05) is 44.8 Å². The standard InChI is InChI=1S/C32H16N8O12S4.4Na.Ni/c41-53(42,43)13-1-5-17-21(9-13)29-35-25(17)33-26-18-6-2-14(54(44,45)46)10-22(18)31(36-26)40-32-24-12-16(56(50,51)52)4-8-20(24)28(38-32)34-27-19-7-3-15(55(47,48)49)11-23(19)30(37-27)39-29;;;;;/h1-12H,(H4-2,33,34,35,36,37,38,39,40,41,42,43,44,45,46,47,48,49,50,51,52);;;;;/q-2;4*+1;+2/p-4. The summed E-state index contributed by atoms with van der Waals surface area (Å²) >= 11 is 0. The van der Waals surface area contributed by atoms with E-state index in [-0.39, 0.29) is 224 Å². The molecule has 20 nitrogen and oxygen atoms in total. The van der Waals surface area contributed by atoms with Crippen LogP contribution < -0.4 is 128 Å². The van der Waals surface area contributed by atoms with Crippen molar-refractivity contribution in [1.82, 2.24) is 39.9 Å². The van der Waals surface area contributed by atoms with E-state index in [0.717, 1.165) is 48.5 Å². The fourth-order valence-corrected chi connectivity index (χ4v) is 8.19. The molecule has 0 atom stereocenters. The van der Waals surface area contributed by atoms with Gasteiger partial charge in [0.1, 0.15) is 40.5 Å². The minimum Gasteiger partial charge on any atom is -0.744 e. The van der Waals surface area contributed by atoms with Crippen molar-refractivity contribution in [2.75, 3.05) is 0 Å². The molecule has 8 bridgehead atoms. The minimum absolute atomic E-state index is 0. The van der Waals surface area contributed by atoms with Crippen molar-refractivity contribution >= 4 is 84.6 Å². The number of hydrogen-bond acceptors (Lipinski definition) is 18. The molecule has 3 aromatic heterocycles. The molecule has 0 spiro atoms. The molecule has 7 aromatic rings. The second-order valence-corrected chi connectivity index (χ2v) is 17.6. The van der Waals surface area contributed by atoms with Crippen LogP contribution in [-0.2, 0) is 57.0 Å². The van der Waals surface area contributed by atoms with Gasteiger partial charge in [-0.15, -0.1) is 0 Å². The van der Waals surface area contributed by atoms with Crippen LogP contribution in [0.25, 0.3) is 89.7 Å². The van der Waals surface area contributed by atoms with Crippen LogP contribution in [0.4, 0.5) is 0 Å². The van der Waals surface area contributed by atoms with Crippen LogP contribution >= 0.6 is 0 Å². The first-order valence-corrected chi connectivity index (χ1v) is 21.0. The van der Waals surface area contributed by atoms with Crippen LogP contribution in [0, 0.1) is 0 Å². The van der Waals surface area contributed by atoms with Gasteiger partial charge in [0.15, 0.2) is 0 Å². The van der Waals surface area contributed by atoms with Gasteiger partial charge in [-0.25, -0.2) is 43.6 Å². The molecule has 0 unspecified atom stereocenters. The minimum atomic E-state index is -5.02. The van der Waals surface area contributed by atoms with Gasteiger partial charge in [-0.3, -0.25) is 0 Å². The van der Waals surface area contributed by atoms with E-state index in [1.165, 1.54) is 24.3 Å². The van der Waals surface area contributed by atoms with Gasteiger partial charge < -0.3 is 48.1 Å². The maximum Gasteiger partial charge on any atom is 2.00 e. The molecular formula is C32H12N8Na4NiO12S4. The molecule has 61 heavy (non-hydrogen) atoms. The average Bonchev–Trinajstić information content (AvgIpc) is 3.84. The Balaban J connectivity index is 0.00000164. The summed E-state index contributed by atoms with van der Waals surface area (Å²) in [6, 6.07) is 12.8. The number of rotatable bonds is 4. The molecule has 0 aliphatic carbocycles. The largest absolute Gasteiger partial charge is 2.00 e. The Morgan fingerprint density at radius 2 is 0.607 bits per heavy atom. The fourth-order valence-electron chi connectivity index (χ4n) is 6.20. The van der Waals surface area contributed by atoms with E-state index in [0.29, 0.717) is 0 Å². The van der Waals surface area contributed by atoms with E-state index in [4.69, 9.17) is 0 Å². The second kappa shape index (κ2) is 18.3. The van der Waals surface area contributed by atoms with Crippen LogP contribution in [0.3, 0.4) is 0 Å². The van der Waals surface area contributed by atoms with E-state index in [9.17, 15) is 51.9 Å². The molecule has 9 rings (SSSR count). The van der Waals surface area contributed by atoms with Crippen molar-refractivity contribution in [1.29, 1.82) is 0 Å². The van der Waals surface area contributed by atoms with Gasteiger partial charge >= 0.3 is 135 Å². The number of nitrogens with zero attached hydrogens (tertiary/aromatic N) is 8. The van der Waals surface area contributed by atoms with Crippen molar-refractivity contribution in [2.24, 2.45) is 0 Å². The first kappa shape index (κ1) is 52.0. The Bertz CT molecular complexity index is 3400. The summed E-state index contributed by atoms with van der Waals surface area (Å²) in [6.45, 7) is 0. The molecule has 5 heterocycles. The summed E-state index contributed by atoms with van der Waals surface area (Å²) < 4.78 is 145. The zero-order chi connectivity index (χ0) is 39.7. The van der Waals surface area contributed by atoms with Crippen LogP contribution in [0.2, 0.25) is 0 Å². The molecule has 0 saturated carbocycles. The normalized spacial score (nSPS) is 12.1. The Morgan fingerprint density at radius 1 is 0.344 bits per heavy atom. The van der Waals surface area contributed by atoms with Gasteiger partial charge in [0.25, 0.3) is 0 Å². The zero-order valence-corrected chi connectivity index (χ0v) is 43.6. The van der Waals surface area contributed by atoms with E-state index in [1.807, 2.05) is 0 Å². The van der Waals surface area contributed by atoms with Gasteiger partial charge in [0.05, 0.1) is 42.9 Å². The summed E-state index contributed by atoms with van der Waals surface area (Å²) in [4.78, 5) is 33.1. The SMILES string of the molecule is O=S(=O)([O-])c1ccc2c(c1)-c1nc-2nc2[n-]c(nc3nc(nc4[n-]c(n1)c1cc(S(=O)(=O)[O-])ccc41)-c1ccc(S(=O)(=O)[O-])cc1-3)c1cc(S(=O)(=O)[O-])ccc21.[Na+].[Na+].[Na+].[Na+].[Ni+2]. The van der Waals surface area contributed by atoms with Gasteiger partial charge in [0.2, 0.25) is 0 Å². The molecule has 4 aromatic carbocycles. The molecule has 0 saturated heterocycles. The quantitative estimate of drug-likeness (QED) is 0.117. The van der Waals surface area contributed by atoms with Crippen molar-refractivity contribution in [3.05, 3.63) is 72.8 Å². The third kappa shape index (κ3) is 9.69. The van der Waals surface area contributed by atoms with Crippen molar-refractivity contribution < 1.29 is 187 Å². The first-order chi connectivity index (χ1) is 26.2. The molecule has 0 radical (unpaired) electrons. The molecule has 290 valence electrons. The molecule has 0 amide bonds. The van der Waals surface area contributed by atoms with E-state index < -0.39 is 60.1 Å². The van der Waals surface area contributed by atoms with Gasteiger partial charge in [-0.2, -0.15) is 0 Å². The van der Waals surface area contributed by atoms with Crippen LogP contribution in [0.1, 0.15) is 0 Å². The Labute approximate surface area is 442 Å². The molecule has 2 aliphatic heterocycles. The number of hydrogen-bond donors (Lipinski definition) is 0. The van der Waals surface area contributed by atoms with Crippen LogP contribution in [0.5, 0.6) is 0 Å². The number of benzene rings is 4. The smallest absolute Gasteiger partial charge is 0.744 e. The maximum atomic E-state index is 12.0. The van der Waals surface area contributed by atoms with Crippen LogP contribution in [0.15, 0.2) is 92.4 Å². The summed E-state index contributed by atoms with van der Waals surface area (Å²) in [5.74, 6) is -0.882. The molecule has 0 N–H and O–H groups in total. The van der Waals surface area contributed by atoms with E-state index in [2.05, 4.69) is 39.9 Å². The van der Waals surface area contributed by atoms with Gasteiger partial charge in [-0.05, 0) is 70.1 Å². The molecular weight excluding hydrogens is 967 g/mol. The number of fused-ring (bicyclic) bond motifs is 20. The van der Waals surface area contributed by atoms with Gasteiger partial charge in [-0.1, -0.05) is 24.3 Å². The Morgan fingerprint density at radius 3 is 0.918 bits per heavy atom. The molecule has 2 aliphatic rings. The van der Waals surface area contributed by atoms with Crippen molar-refractivity contribution in [2.45, 2.75) is 19.6 Å². The Kier molecular flexibility index (Phi) is 15.6. The Hall–Kier alpha value is -1.63. The predicted octanol–water partition coefficient (Wildman–Crippen LogP) is -10.2. The molecule has 29 heteroatoms. The summed E-state index contributed by atoms with van der Waals surface area (Å²) in [7, 11) is -20.1. The predicted molar refractivity (Wildman–Crippen MR) is 186 cm³/mol. The fraction of sp³-hybridized carbons (Fsp3) is 0. The van der Waals surface area contributed by atoms with E-state index in [1.54, 1.807) is 0 Å². The zero-order valence-electron chi connectivity index (χ0n) is 31.4. The van der Waals surface area contributed by atoms with Crippen molar-refractivity contribution in [3.8, 4) is 45.6 Å². The maximum absolute atomic E-state index is 12.0. The summed E-state index contributed by atoms with van der Waals surface area (Å²) in [5.41, 5.74) is -0.712. The topological polar surface area (TPSA) is 334 Å². The summed E-state index contributed by atoms with van der Waals surface area (Å²) in [5, 5.41) is 0.169. The van der Waals surface area contributed by atoms with Crippen LogP contribution in [-0.4, -0.2) is 81.8 Å². The number of aromatic nitrogens is 8. The van der Waals surface area contributed by atoms with E-state index >= 15 is 0 Å². The first-order valence-electron chi connectivity index (χ1n) is 15.3. The summed E-state index contributed by atoms with van der Waals surface area (Å²) in [6.07, 6.45) is 0.